The molecule has 0 amide bonds. The fraction of sp³-hybridized carbons (Fsp3) is 1.00. The minimum Gasteiger partial charge on any atom is -0.393 e. The van der Waals surface area contributed by atoms with Crippen molar-refractivity contribution in [3.63, 3.8) is 0 Å². The lowest BCUT2D eigenvalue weighted by Gasteiger charge is -2.64. The van der Waals surface area contributed by atoms with Gasteiger partial charge >= 0.3 is 0 Å². The summed E-state index contributed by atoms with van der Waals surface area (Å²) >= 11 is 0. The van der Waals surface area contributed by atoms with Crippen molar-refractivity contribution in [1.29, 1.82) is 0 Å². The van der Waals surface area contributed by atoms with E-state index in [1.54, 1.807) is 0 Å². The van der Waals surface area contributed by atoms with E-state index < -0.39 is 5.60 Å². The minimum absolute atomic E-state index is 0.111. The number of aliphatic hydroxyl groups excluding tert-OH is 1. The lowest BCUT2D eigenvalue weighted by Crippen LogP contribution is -2.58. The van der Waals surface area contributed by atoms with Gasteiger partial charge in [0.05, 0.1) is 11.7 Å². The summed E-state index contributed by atoms with van der Waals surface area (Å²) in [6.45, 7) is 11.5. The summed E-state index contributed by atoms with van der Waals surface area (Å²) in [5.74, 6) is 4.54. The van der Waals surface area contributed by atoms with Crippen LogP contribution in [-0.4, -0.2) is 21.9 Å². The third kappa shape index (κ3) is 4.14. The number of hydrogen-bond acceptors (Lipinski definition) is 2. The van der Waals surface area contributed by atoms with Crippen molar-refractivity contribution in [1.82, 2.24) is 0 Å². The first-order chi connectivity index (χ1) is 14.1. The molecule has 4 aliphatic carbocycles. The third-order valence-electron chi connectivity index (χ3n) is 11.0. The largest absolute Gasteiger partial charge is 0.393 e. The number of hydrogen-bond donors (Lipinski definition) is 2. The molecule has 4 fully saturated rings. The Morgan fingerprint density at radius 3 is 2.40 bits per heavy atom. The Kier molecular flexibility index (Phi) is 6.44. The van der Waals surface area contributed by atoms with Crippen LogP contribution in [0.4, 0.5) is 0 Å². The van der Waals surface area contributed by atoms with Gasteiger partial charge in [-0.2, -0.15) is 0 Å². The highest BCUT2D eigenvalue weighted by atomic mass is 16.3. The standard InChI is InChI=1S/C28H50O2/c1-19(9-8-15-26(2,3)30)25-23-12-11-20-21-10-6-7-16-27(21,4)17-13-22(20)28(23,5)18-14-24(25)29/h19-25,29-30H,6-18H2,1-5H3/t19-,20?,21?,22?,23?,24?,25?,27?,28?/m1/s1. The fourth-order valence-electron chi connectivity index (χ4n) is 9.39. The molecule has 4 rings (SSSR count). The molecule has 8 unspecified atom stereocenters. The minimum atomic E-state index is -0.563. The molecule has 2 N–H and O–H groups in total. The van der Waals surface area contributed by atoms with Crippen LogP contribution < -0.4 is 0 Å². The Bertz CT molecular complexity index is 594. The molecular weight excluding hydrogens is 368 g/mol. The summed E-state index contributed by atoms with van der Waals surface area (Å²) in [6, 6.07) is 0. The molecule has 9 atom stereocenters. The summed E-state index contributed by atoms with van der Waals surface area (Å²) in [5, 5.41) is 21.2. The van der Waals surface area contributed by atoms with Gasteiger partial charge in [-0.05, 0) is 118 Å². The van der Waals surface area contributed by atoms with Gasteiger partial charge in [-0.1, -0.05) is 46.5 Å². The highest BCUT2D eigenvalue weighted by molar-refractivity contribution is 5.08. The van der Waals surface area contributed by atoms with Crippen LogP contribution in [-0.2, 0) is 0 Å². The van der Waals surface area contributed by atoms with Crippen molar-refractivity contribution >= 4 is 0 Å². The topological polar surface area (TPSA) is 40.5 Å². The van der Waals surface area contributed by atoms with E-state index in [0.29, 0.717) is 28.6 Å². The van der Waals surface area contributed by atoms with E-state index in [-0.39, 0.29) is 6.10 Å². The Morgan fingerprint density at radius 1 is 0.900 bits per heavy atom. The fourth-order valence-corrected chi connectivity index (χ4v) is 9.39. The molecule has 0 saturated heterocycles. The zero-order valence-electron chi connectivity index (χ0n) is 20.6. The number of rotatable bonds is 5. The first-order valence-corrected chi connectivity index (χ1v) is 13.5. The van der Waals surface area contributed by atoms with Crippen molar-refractivity contribution in [2.75, 3.05) is 0 Å². The molecule has 2 heteroatoms. The smallest absolute Gasteiger partial charge is 0.0591 e. The lowest BCUT2D eigenvalue weighted by atomic mass is 9.41. The maximum atomic E-state index is 11.1. The van der Waals surface area contributed by atoms with E-state index in [2.05, 4.69) is 20.8 Å². The van der Waals surface area contributed by atoms with Gasteiger partial charge in [0.2, 0.25) is 0 Å². The monoisotopic (exact) mass is 418 g/mol. The van der Waals surface area contributed by atoms with Crippen LogP contribution in [0.3, 0.4) is 0 Å². The Morgan fingerprint density at radius 2 is 1.67 bits per heavy atom. The second-order valence-electron chi connectivity index (χ2n) is 13.4. The zero-order valence-corrected chi connectivity index (χ0v) is 20.6. The van der Waals surface area contributed by atoms with Gasteiger partial charge < -0.3 is 10.2 Å². The average molecular weight is 419 g/mol. The molecule has 30 heavy (non-hydrogen) atoms. The average Bonchev–Trinajstić information content (AvgIpc) is 2.66. The van der Waals surface area contributed by atoms with Crippen LogP contribution in [0.1, 0.15) is 118 Å². The molecule has 0 bridgehead atoms. The summed E-state index contributed by atoms with van der Waals surface area (Å²) in [5.41, 5.74) is 0.503. The molecule has 0 aromatic heterocycles. The van der Waals surface area contributed by atoms with Crippen LogP contribution in [0.25, 0.3) is 0 Å². The van der Waals surface area contributed by atoms with Gasteiger partial charge in [0.1, 0.15) is 0 Å². The molecule has 2 nitrogen and oxygen atoms in total. The van der Waals surface area contributed by atoms with Gasteiger partial charge in [0.15, 0.2) is 0 Å². The molecular formula is C28H50O2. The van der Waals surface area contributed by atoms with Crippen LogP contribution in [0, 0.1) is 46.3 Å². The quantitative estimate of drug-likeness (QED) is 0.506. The highest BCUT2D eigenvalue weighted by Gasteiger charge is 2.59. The van der Waals surface area contributed by atoms with Crippen molar-refractivity contribution in [3.05, 3.63) is 0 Å². The number of fused-ring (bicyclic) bond motifs is 5. The van der Waals surface area contributed by atoms with E-state index in [1.807, 2.05) is 13.8 Å². The van der Waals surface area contributed by atoms with Crippen molar-refractivity contribution in [2.24, 2.45) is 46.3 Å². The normalized spacial score (nSPS) is 47.7. The molecule has 0 aromatic rings. The number of aliphatic hydroxyl groups is 2. The Hall–Kier alpha value is -0.0800. The predicted octanol–water partition coefficient (Wildman–Crippen LogP) is 6.97. The lowest BCUT2D eigenvalue weighted by molar-refractivity contribution is -0.167. The molecule has 0 aliphatic heterocycles. The van der Waals surface area contributed by atoms with Crippen molar-refractivity contribution in [2.45, 2.75) is 130 Å². The van der Waals surface area contributed by atoms with Crippen molar-refractivity contribution in [3.8, 4) is 0 Å². The Balaban J connectivity index is 1.50. The van der Waals surface area contributed by atoms with E-state index >= 15 is 0 Å². The second-order valence-corrected chi connectivity index (χ2v) is 13.4. The van der Waals surface area contributed by atoms with Crippen LogP contribution >= 0.6 is 0 Å². The van der Waals surface area contributed by atoms with Gasteiger partial charge in [0, 0.05) is 0 Å². The second kappa shape index (κ2) is 8.36. The maximum absolute atomic E-state index is 11.1. The SMILES string of the molecule is C[C@H](CCCC(C)(C)O)C1C(O)CCC2(C)C3CCC4(C)CCCCC4C3CCC12. The molecule has 174 valence electrons. The van der Waals surface area contributed by atoms with Crippen LogP contribution in [0.5, 0.6) is 0 Å². The van der Waals surface area contributed by atoms with E-state index in [9.17, 15) is 10.2 Å². The molecule has 0 spiro atoms. The van der Waals surface area contributed by atoms with Gasteiger partial charge in [-0.3, -0.25) is 0 Å². The van der Waals surface area contributed by atoms with Gasteiger partial charge in [0.25, 0.3) is 0 Å². The molecule has 0 heterocycles. The summed E-state index contributed by atoms with van der Waals surface area (Å²) in [7, 11) is 0. The predicted molar refractivity (Wildman–Crippen MR) is 125 cm³/mol. The van der Waals surface area contributed by atoms with E-state index in [0.717, 1.165) is 43.4 Å². The van der Waals surface area contributed by atoms with Gasteiger partial charge in [-0.25, -0.2) is 0 Å². The summed E-state index contributed by atoms with van der Waals surface area (Å²) in [6.07, 6.45) is 16.8. The van der Waals surface area contributed by atoms with Crippen LogP contribution in [0.2, 0.25) is 0 Å². The maximum Gasteiger partial charge on any atom is 0.0591 e. The molecule has 4 aliphatic rings. The highest BCUT2D eigenvalue weighted by Crippen LogP contribution is 2.66. The zero-order chi connectivity index (χ0) is 21.7. The van der Waals surface area contributed by atoms with E-state index in [4.69, 9.17) is 0 Å². The molecule has 4 saturated carbocycles. The Labute approximate surface area is 186 Å². The third-order valence-corrected chi connectivity index (χ3v) is 11.0. The van der Waals surface area contributed by atoms with Crippen molar-refractivity contribution < 1.29 is 10.2 Å². The first kappa shape index (κ1) is 23.1. The summed E-state index contributed by atoms with van der Waals surface area (Å²) < 4.78 is 0. The summed E-state index contributed by atoms with van der Waals surface area (Å²) in [4.78, 5) is 0. The van der Waals surface area contributed by atoms with Crippen LogP contribution in [0.15, 0.2) is 0 Å². The molecule has 0 aromatic carbocycles. The first-order valence-electron chi connectivity index (χ1n) is 13.5. The van der Waals surface area contributed by atoms with E-state index in [1.165, 1.54) is 57.8 Å². The van der Waals surface area contributed by atoms with Gasteiger partial charge in [-0.15, -0.1) is 0 Å². The molecule has 0 radical (unpaired) electrons.